The SMILES string of the molecule is COc1ccnc2c1n(Cc1ccccc1C(F)(F)F)c(=O)n2C1CCN(c2c(C)cccc2C)C1. The maximum absolute atomic E-state index is 13.8. The number of ether oxygens (including phenoxy) is 1. The molecule has 1 aliphatic heterocycles. The molecule has 0 aliphatic carbocycles. The first kappa shape index (κ1) is 24.0. The van der Waals surface area contributed by atoms with E-state index in [4.69, 9.17) is 4.74 Å². The van der Waals surface area contributed by atoms with Crippen LogP contribution in [0, 0.1) is 13.8 Å². The third kappa shape index (κ3) is 4.02. The van der Waals surface area contributed by atoms with Crippen LogP contribution in [0.2, 0.25) is 0 Å². The van der Waals surface area contributed by atoms with Gasteiger partial charge >= 0.3 is 11.9 Å². The van der Waals surface area contributed by atoms with Gasteiger partial charge < -0.3 is 9.64 Å². The molecule has 188 valence electrons. The summed E-state index contributed by atoms with van der Waals surface area (Å²) in [4.78, 5) is 20.6. The Morgan fingerprint density at radius 3 is 2.47 bits per heavy atom. The van der Waals surface area contributed by atoms with Crippen LogP contribution < -0.4 is 15.3 Å². The minimum Gasteiger partial charge on any atom is -0.494 e. The summed E-state index contributed by atoms with van der Waals surface area (Å²) in [6, 6.07) is 12.9. The topological polar surface area (TPSA) is 52.3 Å². The van der Waals surface area contributed by atoms with E-state index in [1.54, 1.807) is 22.9 Å². The summed E-state index contributed by atoms with van der Waals surface area (Å²) >= 11 is 0. The van der Waals surface area contributed by atoms with Crippen LogP contribution in [0.1, 0.15) is 34.7 Å². The largest absolute Gasteiger partial charge is 0.494 e. The number of imidazole rings is 1. The van der Waals surface area contributed by atoms with E-state index in [2.05, 4.69) is 35.9 Å². The lowest BCUT2D eigenvalue weighted by molar-refractivity contribution is -0.138. The molecule has 1 aliphatic rings. The van der Waals surface area contributed by atoms with E-state index < -0.39 is 17.4 Å². The second kappa shape index (κ2) is 9.04. The van der Waals surface area contributed by atoms with E-state index in [0.717, 1.165) is 29.4 Å². The van der Waals surface area contributed by atoms with Gasteiger partial charge in [-0.3, -0.25) is 9.13 Å². The number of aromatic nitrogens is 3. The van der Waals surface area contributed by atoms with Crippen LogP contribution in [0.4, 0.5) is 18.9 Å². The molecule has 2 aromatic carbocycles. The Balaban J connectivity index is 1.61. The smallest absolute Gasteiger partial charge is 0.416 e. The molecule has 5 rings (SSSR count). The first-order valence-electron chi connectivity index (χ1n) is 11.8. The van der Waals surface area contributed by atoms with Crippen molar-refractivity contribution in [2.45, 2.75) is 39.0 Å². The molecule has 2 aromatic heterocycles. The molecular formula is C27H27F3N4O2. The third-order valence-electron chi connectivity index (χ3n) is 6.96. The molecule has 0 bridgehead atoms. The van der Waals surface area contributed by atoms with Gasteiger partial charge in [0.2, 0.25) is 0 Å². The van der Waals surface area contributed by atoms with Gasteiger partial charge in [-0.1, -0.05) is 36.4 Å². The lowest BCUT2D eigenvalue weighted by Gasteiger charge is -2.23. The number of aryl methyl sites for hydroxylation is 2. The Hall–Kier alpha value is -3.75. The summed E-state index contributed by atoms with van der Waals surface area (Å²) in [5.41, 5.74) is 3.14. The van der Waals surface area contributed by atoms with Gasteiger partial charge in [-0.05, 0) is 43.0 Å². The number of halogens is 3. The first-order valence-corrected chi connectivity index (χ1v) is 11.8. The van der Waals surface area contributed by atoms with Gasteiger partial charge in [-0.15, -0.1) is 0 Å². The minimum absolute atomic E-state index is 0.0145. The van der Waals surface area contributed by atoms with Crippen LogP contribution in [-0.4, -0.2) is 34.3 Å². The number of alkyl halides is 3. The van der Waals surface area contributed by atoms with E-state index in [9.17, 15) is 18.0 Å². The number of methoxy groups -OCH3 is 1. The van der Waals surface area contributed by atoms with Gasteiger partial charge in [-0.25, -0.2) is 9.78 Å². The number of para-hydroxylation sites is 1. The highest BCUT2D eigenvalue weighted by Crippen LogP contribution is 2.35. The summed E-state index contributed by atoms with van der Waals surface area (Å²) in [6.45, 7) is 5.25. The zero-order chi connectivity index (χ0) is 25.6. The lowest BCUT2D eigenvalue weighted by atomic mass is 10.1. The quantitative estimate of drug-likeness (QED) is 0.374. The van der Waals surface area contributed by atoms with Gasteiger partial charge in [0, 0.05) is 31.0 Å². The van der Waals surface area contributed by atoms with Gasteiger partial charge in [0.1, 0.15) is 11.3 Å². The van der Waals surface area contributed by atoms with E-state index in [-0.39, 0.29) is 18.2 Å². The molecule has 0 N–H and O–H groups in total. The maximum Gasteiger partial charge on any atom is 0.416 e. The van der Waals surface area contributed by atoms with Crippen molar-refractivity contribution in [2.24, 2.45) is 0 Å². The van der Waals surface area contributed by atoms with Gasteiger partial charge in [0.15, 0.2) is 5.65 Å². The van der Waals surface area contributed by atoms with Crippen molar-refractivity contribution in [2.75, 3.05) is 25.1 Å². The van der Waals surface area contributed by atoms with Crippen LogP contribution in [0.15, 0.2) is 59.5 Å². The number of anilines is 1. The minimum atomic E-state index is -4.53. The predicted octanol–water partition coefficient (Wildman–Crippen LogP) is 5.34. The molecule has 0 saturated carbocycles. The Kier molecular flexibility index (Phi) is 6.02. The van der Waals surface area contributed by atoms with Crippen molar-refractivity contribution in [1.29, 1.82) is 0 Å². The lowest BCUT2D eigenvalue weighted by Crippen LogP contribution is -2.30. The average molecular weight is 497 g/mol. The molecule has 0 radical (unpaired) electrons. The zero-order valence-electron chi connectivity index (χ0n) is 20.3. The van der Waals surface area contributed by atoms with E-state index in [0.29, 0.717) is 29.9 Å². The average Bonchev–Trinajstić information content (AvgIpc) is 3.41. The molecule has 3 heterocycles. The number of fused-ring (bicyclic) bond motifs is 1. The van der Waals surface area contributed by atoms with E-state index in [1.165, 1.54) is 23.8 Å². The van der Waals surface area contributed by atoms with Crippen molar-refractivity contribution in [1.82, 2.24) is 14.1 Å². The fourth-order valence-electron chi connectivity index (χ4n) is 5.38. The number of pyridine rings is 1. The second-order valence-electron chi connectivity index (χ2n) is 9.21. The van der Waals surface area contributed by atoms with Crippen LogP contribution >= 0.6 is 0 Å². The van der Waals surface area contributed by atoms with Crippen LogP contribution in [-0.2, 0) is 12.7 Å². The predicted molar refractivity (Wildman–Crippen MR) is 133 cm³/mol. The van der Waals surface area contributed by atoms with Crippen molar-refractivity contribution in [3.05, 3.63) is 87.5 Å². The molecule has 1 saturated heterocycles. The van der Waals surface area contributed by atoms with Crippen molar-refractivity contribution >= 4 is 16.9 Å². The molecule has 9 heteroatoms. The Labute approximate surface area is 206 Å². The third-order valence-corrected chi connectivity index (χ3v) is 6.96. The molecule has 0 spiro atoms. The molecule has 36 heavy (non-hydrogen) atoms. The highest BCUT2D eigenvalue weighted by atomic mass is 19.4. The Morgan fingerprint density at radius 1 is 1.06 bits per heavy atom. The van der Waals surface area contributed by atoms with Gasteiger partial charge in [-0.2, -0.15) is 13.2 Å². The maximum atomic E-state index is 13.8. The van der Waals surface area contributed by atoms with Crippen LogP contribution in [0.25, 0.3) is 11.2 Å². The summed E-state index contributed by atoms with van der Waals surface area (Å²) in [6.07, 6.45) is -2.26. The van der Waals surface area contributed by atoms with E-state index in [1.807, 2.05) is 6.07 Å². The van der Waals surface area contributed by atoms with E-state index >= 15 is 0 Å². The highest BCUT2D eigenvalue weighted by Gasteiger charge is 2.34. The highest BCUT2D eigenvalue weighted by molar-refractivity contribution is 5.79. The molecule has 4 aromatic rings. The molecule has 0 amide bonds. The van der Waals surface area contributed by atoms with Crippen molar-refractivity contribution < 1.29 is 17.9 Å². The standard InChI is InChI=1S/C27H27F3N4O2/c1-17-7-6-8-18(2)23(17)32-14-12-20(16-32)34-25-24(22(36-3)11-13-31-25)33(26(34)35)15-19-9-4-5-10-21(19)27(28,29)30/h4-11,13,20H,12,14-16H2,1-3H3. The number of hydrogen-bond donors (Lipinski definition) is 0. The summed E-state index contributed by atoms with van der Waals surface area (Å²) < 4.78 is 49.6. The summed E-state index contributed by atoms with van der Waals surface area (Å²) in [5.74, 6) is 0.393. The fraction of sp³-hybridized carbons (Fsp3) is 0.333. The van der Waals surface area contributed by atoms with Crippen LogP contribution in [0.3, 0.4) is 0 Å². The van der Waals surface area contributed by atoms with Crippen molar-refractivity contribution in [3.63, 3.8) is 0 Å². The molecule has 1 atom stereocenters. The zero-order valence-corrected chi connectivity index (χ0v) is 20.3. The normalized spacial score (nSPS) is 16.2. The Morgan fingerprint density at radius 2 is 1.78 bits per heavy atom. The summed E-state index contributed by atoms with van der Waals surface area (Å²) in [5, 5.41) is 0. The second-order valence-corrected chi connectivity index (χ2v) is 9.21. The molecule has 1 fully saturated rings. The Bertz CT molecular complexity index is 1470. The monoisotopic (exact) mass is 496 g/mol. The molecule has 1 unspecified atom stereocenters. The number of nitrogens with zero attached hydrogens (tertiary/aromatic N) is 4. The number of hydrogen-bond acceptors (Lipinski definition) is 4. The van der Waals surface area contributed by atoms with Gasteiger partial charge in [0.05, 0.1) is 25.3 Å². The van der Waals surface area contributed by atoms with Crippen LogP contribution in [0.5, 0.6) is 5.75 Å². The molecular weight excluding hydrogens is 469 g/mol. The molecule has 6 nitrogen and oxygen atoms in total. The fourth-order valence-corrected chi connectivity index (χ4v) is 5.38. The number of rotatable bonds is 5. The number of benzene rings is 2. The first-order chi connectivity index (χ1) is 17.2. The van der Waals surface area contributed by atoms with Crippen molar-refractivity contribution in [3.8, 4) is 5.75 Å². The van der Waals surface area contributed by atoms with Gasteiger partial charge in [0.25, 0.3) is 0 Å². The summed E-state index contributed by atoms with van der Waals surface area (Å²) in [7, 11) is 1.48.